The fraction of sp³-hybridized carbons (Fsp3) is 0.333. The van der Waals surface area contributed by atoms with Gasteiger partial charge in [0.05, 0.1) is 13.1 Å². The summed E-state index contributed by atoms with van der Waals surface area (Å²) in [6, 6.07) is 8.37. The number of hydrogen-bond donors (Lipinski definition) is 2. The Bertz CT molecular complexity index is 402. The van der Waals surface area contributed by atoms with E-state index in [0.717, 1.165) is 49.0 Å². The molecule has 0 saturated carbocycles. The van der Waals surface area contributed by atoms with Gasteiger partial charge in [-0.1, -0.05) is 24.3 Å². The van der Waals surface area contributed by atoms with Crippen molar-refractivity contribution in [2.24, 2.45) is 9.98 Å². The summed E-state index contributed by atoms with van der Waals surface area (Å²) in [5.41, 5.74) is 2.31. The molecule has 4 nitrogen and oxygen atoms in total. The van der Waals surface area contributed by atoms with E-state index in [-0.39, 0.29) is 0 Å². The first kappa shape index (κ1) is 9.39. The van der Waals surface area contributed by atoms with Gasteiger partial charge in [-0.3, -0.25) is 9.98 Å². The Kier molecular flexibility index (Phi) is 2.33. The molecule has 2 heterocycles. The average molecular weight is 214 g/mol. The minimum absolute atomic E-state index is 0.880. The summed E-state index contributed by atoms with van der Waals surface area (Å²) in [4.78, 5) is 8.79. The molecule has 0 aliphatic carbocycles. The van der Waals surface area contributed by atoms with Gasteiger partial charge in [-0.15, -0.1) is 0 Å². The number of benzene rings is 1. The maximum Gasteiger partial charge on any atom is 0.128 e. The molecule has 2 N–H and O–H groups in total. The van der Waals surface area contributed by atoms with E-state index in [1.54, 1.807) is 0 Å². The first-order chi connectivity index (χ1) is 7.93. The number of rotatable bonds is 2. The first-order valence-corrected chi connectivity index (χ1v) is 5.61. The van der Waals surface area contributed by atoms with E-state index >= 15 is 0 Å². The van der Waals surface area contributed by atoms with Gasteiger partial charge in [-0.05, 0) is 0 Å². The van der Waals surface area contributed by atoms with Crippen LogP contribution in [0.5, 0.6) is 0 Å². The van der Waals surface area contributed by atoms with Gasteiger partial charge in [0.25, 0.3) is 0 Å². The molecule has 2 aliphatic rings. The molecule has 1 aromatic carbocycles. The van der Waals surface area contributed by atoms with Gasteiger partial charge in [-0.2, -0.15) is 0 Å². The molecule has 0 saturated heterocycles. The van der Waals surface area contributed by atoms with Crippen LogP contribution in [0.3, 0.4) is 0 Å². The second-order valence-electron chi connectivity index (χ2n) is 3.89. The molecule has 0 spiro atoms. The van der Waals surface area contributed by atoms with Gasteiger partial charge < -0.3 is 10.6 Å². The Balaban J connectivity index is 1.84. The van der Waals surface area contributed by atoms with E-state index in [9.17, 15) is 0 Å². The highest BCUT2D eigenvalue weighted by molar-refractivity contribution is 6.03. The summed E-state index contributed by atoms with van der Waals surface area (Å²) in [5.74, 6) is 2.01. The van der Waals surface area contributed by atoms with Gasteiger partial charge >= 0.3 is 0 Å². The van der Waals surface area contributed by atoms with Crippen molar-refractivity contribution in [3.05, 3.63) is 35.4 Å². The van der Waals surface area contributed by atoms with Crippen molar-refractivity contribution in [2.45, 2.75) is 0 Å². The van der Waals surface area contributed by atoms with Crippen LogP contribution in [0.2, 0.25) is 0 Å². The zero-order valence-electron chi connectivity index (χ0n) is 9.03. The monoisotopic (exact) mass is 214 g/mol. The van der Waals surface area contributed by atoms with Crippen LogP contribution in [-0.4, -0.2) is 37.9 Å². The Morgan fingerprint density at radius 1 is 0.750 bits per heavy atom. The second kappa shape index (κ2) is 3.96. The van der Waals surface area contributed by atoms with Gasteiger partial charge in [0.1, 0.15) is 11.7 Å². The lowest BCUT2D eigenvalue weighted by atomic mass is 10.1. The molecular formula is C12H14N4. The lowest BCUT2D eigenvalue weighted by molar-refractivity contribution is 0.959. The highest BCUT2D eigenvalue weighted by atomic mass is 15.1. The lowest BCUT2D eigenvalue weighted by Gasteiger charge is -2.05. The predicted octanol–water partition coefficient (Wildman–Crippen LogP) is 0.386. The average Bonchev–Trinajstić information content (AvgIpc) is 3.03. The normalized spacial score (nSPS) is 18.8. The smallest absolute Gasteiger partial charge is 0.128 e. The summed E-state index contributed by atoms with van der Waals surface area (Å²) < 4.78 is 0. The maximum absolute atomic E-state index is 4.39. The summed E-state index contributed by atoms with van der Waals surface area (Å²) >= 11 is 0. The Hall–Kier alpha value is -1.84. The largest absolute Gasteiger partial charge is 0.368 e. The third-order valence-electron chi connectivity index (χ3n) is 2.78. The predicted molar refractivity (Wildman–Crippen MR) is 65.3 cm³/mol. The molecule has 0 fully saturated rings. The fourth-order valence-electron chi connectivity index (χ4n) is 1.97. The molecule has 2 aliphatic heterocycles. The van der Waals surface area contributed by atoms with E-state index in [4.69, 9.17) is 0 Å². The third kappa shape index (κ3) is 1.66. The number of aliphatic imine (C=N–C) groups is 2. The standard InChI is InChI=1S/C12H14N4/c1-2-10(12-15-7-8-16-12)4-3-9(1)11-13-5-6-14-11/h1-4H,5-8H2,(H,13,14)(H,15,16). The molecule has 82 valence electrons. The topological polar surface area (TPSA) is 48.8 Å². The molecule has 0 radical (unpaired) electrons. The minimum atomic E-state index is 0.880. The zero-order valence-corrected chi connectivity index (χ0v) is 9.03. The van der Waals surface area contributed by atoms with Crippen LogP contribution in [0.25, 0.3) is 0 Å². The molecule has 0 unspecified atom stereocenters. The van der Waals surface area contributed by atoms with Crippen molar-refractivity contribution < 1.29 is 0 Å². The van der Waals surface area contributed by atoms with Crippen molar-refractivity contribution in [3.8, 4) is 0 Å². The quantitative estimate of drug-likeness (QED) is 0.748. The van der Waals surface area contributed by atoms with Crippen LogP contribution < -0.4 is 10.6 Å². The summed E-state index contributed by atoms with van der Waals surface area (Å²) in [5, 5.41) is 6.53. The molecule has 4 heteroatoms. The molecule has 16 heavy (non-hydrogen) atoms. The Morgan fingerprint density at radius 2 is 1.19 bits per heavy atom. The Morgan fingerprint density at radius 3 is 1.50 bits per heavy atom. The molecule has 0 aromatic heterocycles. The lowest BCUT2D eigenvalue weighted by Crippen LogP contribution is -2.21. The minimum Gasteiger partial charge on any atom is -0.368 e. The van der Waals surface area contributed by atoms with Crippen molar-refractivity contribution >= 4 is 11.7 Å². The first-order valence-electron chi connectivity index (χ1n) is 5.61. The molecule has 0 atom stereocenters. The van der Waals surface area contributed by atoms with Crippen LogP contribution >= 0.6 is 0 Å². The van der Waals surface area contributed by atoms with Crippen LogP contribution in [-0.2, 0) is 0 Å². The molecular weight excluding hydrogens is 200 g/mol. The SMILES string of the molecule is c1cc(C2=NCCN2)ccc1C1=NCCN1. The summed E-state index contributed by atoms with van der Waals surface area (Å²) in [6.07, 6.45) is 0. The van der Waals surface area contributed by atoms with Crippen molar-refractivity contribution in [1.29, 1.82) is 0 Å². The van der Waals surface area contributed by atoms with E-state index in [2.05, 4.69) is 44.9 Å². The van der Waals surface area contributed by atoms with Crippen LogP contribution in [0.15, 0.2) is 34.3 Å². The Labute approximate surface area is 94.5 Å². The van der Waals surface area contributed by atoms with E-state index in [0.29, 0.717) is 0 Å². The molecule has 0 amide bonds. The summed E-state index contributed by atoms with van der Waals surface area (Å²) in [6.45, 7) is 3.66. The van der Waals surface area contributed by atoms with Gasteiger partial charge in [-0.25, -0.2) is 0 Å². The number of amidine groups is 2. The number of nitrogens with one attached hydrogen (secondary N) is 2. The summed E-state index contributed by atoms with van der Waals surface area (Å²) in [7, 11) is 0. The molecule has 1 aromatic rings. The van der Waals surface area contributed by atoms with Gasteiger partial charge in [0.15, 0.2) is 0 Å². The van der Waals surface area contributed by atoms with Crippen LogP contribution in [0.4, 0.5) is 0 Å². The second-order valence-corrected chi connectivity index (χ2v) is 3.89. The fourth-order valence-corrected chi connectivity index (χ4v) is 1.97. The van der Waals surface area contributed by atoms with Gasteiger partial charge in [0, 0.05) is 24.2 Å². The van der Waals surface area contributed by atoms with Crippen molar-refractivity contribution in [3.63, 3.8) is 0 Å². The maximum atomic E-state index is 4.39. The van der Waals surface area contributed by atoms with Crippen LogP contribution in [0.1, 0.15) is 11.1 Å². The van der Waals surface area contributed by atoms with Crippen molar-refractivity contribution in [2.75, 3.05) is 26.2 Å². The third-order valence-corrected chi connectivity index (χ3v) is 2.78. The van der Waals surface area contributed by atoms with E-state index < -0.39 is 0 Å². The number of nitrogens with zero attached hydrogens (tertiary/aromatic N) is 2. The highest BCUT2D eigenvalue weighted by Gasteiger charge is 2.10. The van der Waals surface area contributed by atoms with E-state index in [1.807, 2.05) is 0 Å². The molecule has 0 bridgehead atoms. The zero-order chi connectivity index (χ0) is 10.8. The van der Waals surface area contributed by atoms with E-state index in [1.165, 1.54) is 0 Å². The van der Waals surface area contributed by atoms with Crippen LogP contribution in [0, 0.1) is 0 Å². The molecule has 3 rings (SSSR count). The van der Waals surface area contributed by atoms with Gasteiger partial charge in [0.2, 0.25) is 0 Å². The van der Waals surface area contributed by atoms with Crippen molar-refractivity contribution in [1.82, 2.24) is 10.6 Å². The highest BCUT2D eigenvalue weighted by Crippen LogP contribution is 2.08. The number of hydrogen-bond acceptors (Lipinski definition) is 4.